The summed E-state index contributed by atoms with van der Waals surface area (Å²) in [6.07, 6.45) is 1.89. The number of aryl methyl sites for hydroxylation is 1. The molecule has 1 aliphatic heterocycles. The molecule has 0 saturated carbocycles. The van der Waals surface area contributed by atoms with Gasteiger partial charge in [-0.2, -0.15) is 0 Å². The Bertz CT molecular complexity index is 704. The van der Waals surface area contributed by atoms with Crippen LogP contribution in [-0.4, -0.2) is 11.6 Å². The molecule has 1 aliphatic rings. The van der Waals surface area contributed by atoms with Gasteiger partial charge >= 0.3 is 5.97 Å². The highest BCUT2D eigenvalue weighted by atomic mass is 16.6. The Balaban J connectivity index is 1.91. The molecular formula is C19H18O2. The van der Waals surface area contributed by atoms with E-state index in [0.717, 1.165) is 11.1 Å². The van der Waals surface area contributed by atoms with Crippen LogP contribution < -0.4 is 0 Å². The van der Waals surface area contributed by atoms with Crippen LogP contribution in [0, 0.1) is 6.92 Å². The van der Waals surface area contributed by atoms with Crippen LogP contribution in [0.4, 0.5) is 0 Å². The second-order valence-corrected chi connectivity index (χ2v) is 5.99. The highest BCUT2D eigenvalue weighted by molar-refractivity contribution is 6.18. The molecule has 106 valence electrons. The van der Waals surface area contributed by atoms with Gasteiger partial charge in [0.1, 0.15) is 5.60 Å². The quantitative estimate of drug-likeness (QED) is 0.762. The molecular weight excluding hydrogens is 260 g/mol. The largest absolute Gasteiger partial charge is 0.452 e. The van der Waals surface area contributed by atoms with Gasteiger partial charge in [-0.25, -0.2) is 4.79 Å². The predicted octanol–water partition coefficient (Wildman–Crippen LogP) is 4.38. The third kappa shape index (κ3) is 2.75. The van der Waals surface area contributed by atoms with E-state index in [4.69, 9.17) is 4.74 Å². The molecule has 0 aromatic heterocycles. The summed E-state index contributed by atoms with van der Waals surface area (Å²) in [5.74, 6) is -0.247. The van der Waals surface area contributed by atoms with Crippen molar-refractivity contribution >= 4 is 11.5 Å². The van der Waals surface area contributed by atoms with Crippen molar-refractivity contribution in [1.29, 1.82) is 0 Å². The molecule has 0 radical (unpaired) electrons. The van der Waals surface area contributed by atoms with Gasteiger partial charge in [-0.15, -0.1) is 0 Å². The molecule has 0 atom stereocenters. The zero-order valence-electron chi connectivity index (χ0n) is 12.5. The lowest BCUT2D eigenvalue weighted by Crippen LogP contribution is -2.17. The smallest absolute Gasteiger partial charge is 0.339 e. The van der Waals surface area contributed by atoms with Gasteiger partial charge in [-0.1, -0.05) is 54.1 Å². The monoisotopic (exact) mass is 278 g/mol. The van der Waals surface area contributed by atoms with Crippen molar-refractivity contribution in [2.75, 3.05) is 0 Å². The molecule has 0 fully saturated rings. The molecule has 3 rings (SSSR count). The highest BCUT2D eigenvalue weighted by Crippen LogP contribution is 2.31. The van der Waals surface area contributed by atoms with E-state index in [1.54, 1.807) is 0 Å². The number of cyclic esters (lactones) is 1. The van der Waals surface area contributed by atoms with E-state index in [9.17, 15) is 4.79 Å². The summed E-state index contributed by atoms with van der Waals surface area (Å²) in [6, 6.07) is 16.4. The molecule has 0 bridgehead atoms. The Morgan fingerprint density at radius 3 is 1.76 bits per heavy atom. The van der Waals surface area contributed by atoms with Crippen LogP contribution in [-0.2, 0) is 9.53 Å². The average molecular weight is 278 g/mol. The summed E-state index contributed by atoms with van der Waals surface area (Å²) in [7, 11) is 0. The van der Waals surface area contributed by atoms with Crippen molar-refractivity contribution in [1.82, 2.24) is 0 Å². The van der Waals surface area contributed by atoms with Crippen LogP contribution in [0.15, 0.2) is 54.6 Å². The number of carbonyl (C=O) groups excluding carboxylic acids is 1. The highest BCUT2D eigenvalue weighted by Gasteiger charge is 2.32. The minimum Gasteiger partial charge on any atom is -0.452 e. The Morgan fingerprint density at radius 1 is 0.810 bits per heavy atom. The van der Waals surface area contributed by atoms with Crippen LogP contribution in [0.3, 0.4) is 0 Å². The Kier molecular flexibility index (Phi) is 3.17. The number of benzene rings is 2. The van der Waals surface area contributed by atoms with E-state index in [0.29, 0.717) is 5.57 Å². The number of rotatable bonds is 2. The minimum absolute atomic E-state index is 0.247. The fraction of sp³-hybridized carbons (Fsp3) is 0.211. The number of hydrogen-bond donors (Lipinski definition) is 0. The van der Waals surface area contributed by atoms with Crippen molar-refractivity contribution < 1.29 is 9.53 Å². The van der Waals surface area contributed by atoms with Crippen molar-refractivity contribution in [2.24, 2.45) is 0 Å². The summed E-state index contributed by atoms with van der Waals surface area (Å²) >= 11 is 0. The van der Waals surface area contributed by atoms with E-state index >= 15 is 0 Å². The van der Waals surface area contributed by atoms with Gasteiger partial charge in [-0.05, 0) is 43.5 Å². The first-order valence-corrected chi connectivity index (χ1v) is 7.08. The standard InChI is InChI=1S/C19H18O2/c1-13-4-6-14(7-5-13)15-8-10-16(11-9-15)17-12-19(2,3)21-18(17)20/h4-12H,1-3H3. The number of ether oxygens (including phenoxy) is 1. The van der Waals surface area contributed by atoms with Crippen LogP contribution >= 0.6 is 0 Å². The van der Waals surface area contributed by atoms with Crippen molar-refractivity contribution in [2.45, 2.75) is 26.4 Å². The van der Waals surface area contributed by atoms with E-state index in [-0.39, 0.29) is 5.97 Å². The van der Waals surface area contributed by atoms with E-state index in [2.05, 4.69) is 31.2 Å². The first-order chi connectivity index (χ1) is 9.94. The maximum absolute atomic E-state index is 11.9. The summed E-state index contributed by atoms with van der Waals surface area (Å²) in [6.45, 7) is 5.85. The molecule has 2 aromatic carbocycles. The maximum Gasteiger partial charge on any atom is 0.339 e. The summed E-state index contributed by atoms with van der Waals surface area (Å²) < 4.78 is 5.31. The normalized spacial score (nSPS) is 16.5. The fourth-order valence-electron chi connectivity index (χ4n) is 2.52. The Labute approximate surface area is 125 Å². The second kappa shape index (κ2) is 4.88. The number of carbonyl (C=O) groups is 1. The minimum atomic E-state index is -0.512. The van der Waals surface area contributed by atoms with E-state index < -0.39 is 5.60 Å². The average Bonchev–Trinajstić information content (AvgIpc) is 2.73. The van der Waals surface area contributed by atoms with Gasteiger partial charge in [0.25, 0.3) is 0 Å². The number of esters is 1. The SMILES string of the molecule is Cc1ccc(-c2ccc(C3=CC(C)(C)OC3=O)cc2)cc1. The molecule has 21 heavy (non-hydrogen) atoms. The molecule has 2 heteroatoms. The molecule has 0 amide bonds. The Morgan fingerprint density at radius 2 is 1.29 bits per heavy atom. The van der Waals surface area contributed by atoms with Crippen molar-refractivity contribution in [3.63, 3.8) is 0 Å². The molecule has 0 saturated heterocycles. The third-order valence-corrected chi connectivity index (χ3v) is 3.65. The van der Waals surface area contributed by atoms with Crippen LogP contribution in [0.25, 0.3) is 16.7 Å². The summed E-state index contributed by atoms with van der Waals surface area (Å²) in [5.41, 5.74) is 4.61. The zero-order chi connectivity index (χ0) is 15.0. The lowest BCUT2D eigenvalue weighted by atomic mass is 9.98. The predicted molar refractivity (Wildman–Crippen MR) is 84.8 cm³/mol. The maximum atomic E-state index is 11.9. The number of hydrogen-bond acceptors (Lipinski definition) is 2. The lowest BCUT2D eigenvalue weighted by molar-refractivity contribution is -0.142. The molecule has 0 N–H and O–H groups in total. The van der Waals surface area contributed by atoms with Crippen molar-refractivity contribution in [3.8, 4) is 11.1 Å². The molecule has 1 heterocycles. The first-order valence-electron chi connectivity index (χ1n) is 7.08. The topological polar surface area (TPSA) is 26.3 Å². The molecule has 0 spiro atoms. The molecule has 2 aromatic rings. The first kappa shape index (κ1) is 13.6. The van der Waals surface area contributed by atoms with Crippen LogP contribution in [0.5, 0.6) is 0 Å². The fourth-order valence-corrected chi connectivity index (χ4v) is 2.52. The van der Waals surface area contributed by atoms with Gasteiger partial charge in [0.05, 0.1) is 5.57 Å². The van der Waals surface area contributed by atoms with Gasteiger partial charge in [0.2, 0.25) is 0 Å². The van der Waals surface area contributed by atoms with Gasteiger partial charge < -0.3 is 4.74 Å². The summed E-state index contributed by atoms with van der Waals surface area (Å²) in [5, 5.41) is 0. The van der Waals surface area contributed by atoms with Crippen LogP contribution in [0.1, 0.15) is 25.0 Å². The second-order valence-electron chi connectivity index (χ2n) is 5.99. The van der Waals surface area contributed by atoms with Gasteiger partial charge in [0.15, 0.2) is 0 Å². The molecule has 2 nitrogen and oxygen atoms in total. The third-order valence-electron chi connectivity index (χ3n) is 3.65. The van der Waals surface area contributed by atoms with Gasteiger partial charge in [0, 0.05) is 0 Å². The van der Waals surface area contributed by atoms with Gasteiger partial charge in [-0.3, -0.25) is 0 Å². The Hall–Kier alpha value is -2.35. The van der Waals surface area contributed by atoms with E-state index in [1.165, 1.54) is 11.1 Å². The van der Waals surface area contributed by atoms with Crippen molar-refractivity contribution in [3.05, 3.63) is 65.7 Å². The van der Waals surface area contributed by atoms with E-state index in [1.807, 2.05) is 44.2 Å². The van der Waals surface area contributed by atoms with Crippen LogP contribution in [0.2, 0.25) is 0 Å². The molecule has 0 aliphatic carbocycles. The zero-order valence-corrected chi connectivity index (χ0v) is 12.5. The lowest BCUT2D eigenvalue weighted by Gasteiger charge is -2.12. The summed E-state index contributed by atoms with van der Waals surface area (Å²) in [4.78, 5) is 11.9. The molecule has 0 unspecified atom stereocenters.